The molecular formula is C18H29N3O2. The Morgan fingerprint density at radius 1 is 1.09 bits per heavy atom. The summed E-state index contributed by atoms with van der Waals surface area (Å²) in [4.78, 5) is 18.8. The van der Waals surface area contributed by atoms with E-state index in [0.29, 0.717) is 6.42 Å². The van der Waals surface area contributed by atoms with Crippen molar-refractivity contribution in [2.45, 2.75) is 20.3 Å². The van der Waals surface area contributed by atoms with Crippen LogP contribution < -0.4 is 9.64 Å². The number of methoxy groups -OCH3 is 1. The molecule has 5 heteroatoms. The molecule has 1 amide bonds. The molecule has 0 N–H and O–H groups in total. The Labute approximate surface area is 139 Å². The first-order valence-electron chi connectivity index (χ1n) is 8.57. The number of hydrogen-bond acceptors (Lipinski definition) is 4. The first-order chi connectivity index (χ1) is 11.2. The summed E-state index contributed by atoms with van der Waals surface area (Å²) in [6.07, 6.45) is 0.629. The molecule has 1 aliphatic heterocycles. The lowest BCUT2D eigenvalue weighted by molar-refractivity contribution is -0.131. The standard InChI is InChI=1S/C18H29N3O2/c1-4-20(5-2)18(22)10-11-19-12-14-21(15-13-19)16-6-8-17(23-3)9-7-16/h6-9H,4-5,10-15H2,1-3H3. The van der Waals surface area contributed by atoms with Gasteiger partial charge in [-0.15, -0.1) is 0 Å². The molecule has 0 aromatic heterocycles. The fraction of sp³-hybridized carbons (Fsp3) is 0.611. The van der Waals surface area contributed by atoms with Gasteiger partial charge in [-0.05, 0) is 38.1 Å². The predicted molar refractivity (Wildman–Crippen MR) is 94.2 cm³/mol. The van der Waals surface area contributed by atoms with Gasteiger partial charge in [0.2, 0.25) is 5.91 Å². The highest BCUT2D eigenvalue weighted by Crippen LogP contribution is 2.20. The quantitative estimate of drug-likeness (QED) is 0.771. The maximum Gasteiger partial charge on any atom is 0.223 e. The van der Waals surface area contributed by atoms with Gasteiger partial charge in [-0.25, -0.2) is 0 Å². The molecule has 23 heavy (non-hydrogen) atoms. The van der Waals surface area contributed by atoms with Gasteiger partial charge in [-0.3, -0.25) is 9.69 Å². The monoisotopic (exact) mass is 319 g/mol. The van der Waals surface area contributed by atoms with E-state index in [9.17, 15) is 4.79 Å². The summed E-state index contributed by atoms with van der Waals surface area (Å²) in [5.41, 5.74) is 1.24. The van der Waals surface area contributed by atoms with Crippen molar-refractivity contribution in [1.29, 1.82) is 0 Å². The van der Waals surface area contributed by atoms with Crippen LogP contribution in [-0.2, 0) is 4.79 Å². The number of benzene rings is 1. The van der Waals surface area contributed by atoms with Crippen LogP contribution >= 0.6 is 0 Å². The van der Waals surface area contributed by atoms with Gasteiger partial charge in [-0.1, -0.05) is 0 Å². The van der Waals surface area contributed by atoms with Crippen molar-refractivity contribution in [3.63, 3.8) is 0 Å². The number of piperazine rings is 1. The second kappa shape index (κ2) is 8.77. The highest BCUT2D eigenvalue weighted by atomic mass is 16.5. The zero-order valence-corrected chi connectivity index (χ0v) is 14.6. The van der Waals surface area contributed by atoms with Crippen molar-refractivity contribution in [1.82, 2.24) is 9.80 Å². The molecule has 0 aliphatic carbocycles. The first kappa shape index (κ1) is 17.6. The predicted octanol–water partition coefficient (Wildman–Crippen LogP) is 2.08. The Hall–Kier alpha value is -1.75. The average Bonchev–Trinajstić information content (AvgIpc) is 2.61. The Morgan fingerprint density at radius 3 is 2.22 bits per heavy atom. The minimum Gasteiger partial charge on any atom is -0.497 e. The topological polar surface area (TPSA) is 36.0 Å². The molecule has 1 aromatic carbocycles. The molecule has 1 heterocycles. The van der Waals surface area contributed by atoms with Gasteiger partial charge in [0, 0.05) is 57.9 Å². The van der Waals surface area contributed by atoms with E-state index in [4.69, 9.17) is 4.74 Å². The van der Waals surface area contributed by atoms with Crippen molar-refractivity contribution < 1.29 is 9.53 Å². The van der Waals surface area contributed by atoms with E-state index in [2.05, 4.69) is 21.9 Å². The number of anilines is 1. The highest BCUT2D eigenvalue weighted by molar-refractivity contribution is 5.76. The van der Waals surface area contributed by atoms with Crippen molar-refractivity contribution in [2.24, 2.45) is 0 Å². The Bertz CT molecular complexity index is 478. The first-order valence-corrected chi connectivity index (χ1v) is 8.57. The van der Waals surface area contributed by atoms with E-state index in [0.717, 1.165) is 51.6 Å². The molecule has 0 atom stereocenters. The fourth-order valence-electron chi connectivity index (χ4n) is 3.01. The largest absolute Gasteiger partial charge is 0.497 e. The van der Waals surface area contributed by atoms with Gasteiger partial charge in [-0.2, -0.15) is 0 Å². The number of ether oxygens (including phenoxy) is 1. The maximum absolute atomic E-state index is 12.1. The lowest BCUT2D eigenvalue weighted by Gasteiger charge is -2.36. The minimum absolute atomic E-state index is 0.271. The highest BCUT2D eigenvalue weighted by Gasteiger charge is 2.18. The Morgan fingerprint density at radius 2 is 1.70 bits per heavy atom. The molecule has 0 spiro atoms. The Balaban J connectivity index is 1.76. The maximum atomic E-state index is 12.1. The molecular weight excluding hydrogens is 290 g/mol. The van der Waals surface area contributed by atoms with E-state index < -0.39 is 0 Å². The number of carbonyl (C=O) groups is 1. The summed E-state index contributed by atoms with van der Waals surface area (Å²) in [7, 11) is 1.69. The molecule has 0 bridgehead atoms. The van der Waals surface area contributed by atoms with E-state index >= 15 is 0 Å². The van der Waals surface area contributed by atoms with Crippen LogP contribution in [0.1, 0.15) is 20.3 Å². The molecule has 0 radical (unpaired) electrons. The summed E-state index contributed by atoms with van der Waals surface area (Å²) >= 11 is 0. The van der Waals surface area contributed by atoms with Gasteiger partial charge < -0.3 is 14.5 Å². The fourth-order valence-corrected chi connectivity index (χ4v) is 3.01. The van der Waals surface area contributed by atoms with E-state index in [1.165, 1.54) is 5.69 Å². The number of rotatable bonds is 7. The summed E-state index contributed by atoms with van der Waals surface area (Å²) in [5.74, 6) is 1.16. The van der Waals surface area contributed by atoms with Crippen LogP contribution in [0.5, 0.6) is 5.75 Å². The van der Waals surface area contributed by atoms with Crippen LogP contribution in [0.25, 0.3) is 0 Å². The third-order valence-electron chi connectivity index (χ3n) is 4.57. The lowest BCUT2D eigenvalue weighted by Crippen LogP contribution is -2.47. The smallest absolute Gasteiger partial charge is 0.223 e. The lowest BCUT2D eigenvalue weighted by atomic mass is 10.2. The van der Waals surface area contributed by atoms with Crippen LogP contribution in [0.2, 0.25) is 0 Å². The van der Waals surface area contributed by atoms with E-state index in [-0.39, 0.29) is 5.91 Å². The molecule has 5 nitrogen and oxygen atoms in total. The molecule has 2 rings (SSSR count). The zero-order valence-electron chi connectivity index (χ0n) is 14.6. The zero-order chi connectivity index (χ0) is 16.7. The van der Waals surface area contributed by atoms with Crippen molar-refractivity contribution in [3.8, 4) is 5.75 Å². The summed E-state index contributed by atoms with van der Waals surface area (Å²) in [5, 5.41) is 0. The molecule has 0 saturated carbocycles. The van der Waals surface area contributed by atoms with E-state index in [1.54, 1.807) is 7.11 Å². The minimum atomic E-state index is 0.271. The van der Waals surface area contributed by atoms with Crippen LogP contribution in [-0.4, -0.2) is 68.6 Å². The Kier molecular flexibility index (Phi) is 6.71. The van der Waals surface area contributed by atoms with E-state index in [1.807, 2.05) is 30.9 Å². The SMILES string of the molecule is CCN(CC)C(=O)CCN1CCN(c2ccc(OC)cc2)CC1. The van der Waals surface area contributed by atoms with Crippen molar-refractivity contribution in [2.75, 3.05) is 57.8 Å². The summed E-state index contributed by atoms with van der Waals surface area (Å²) in [6.45, 7) is 10.6. The van der Waals surface area contributed by atoms with Crippen molar-refractivity contribution >= 4 is 11.6 Å². The number of hydrogen-bond donors (Lipinski definition) is 0. The molecule has 128 valence electrons. The summed E-state index contributed by atoms with van der Waals surface area (Å²) < 4.78 is 5.20. The van der Waals surface area contributed by atoms with Crippen LogP contribution in [0.15, 0.2) is 24.3 Å². The van der Waals surface area contributed by atoms with Crippen molar-refractivity contribution in [3.05, 3.63) is 24.3 Å². The normalized spacial score (nSPS) is 15.5. The second-order valence-electron chi connectivity index (χ2n) is 5.84. The van der Waals surface area contributed by atoms with Gasteiger partial charge in [0.15, 0.2) is 0 Å². The molecule has 1 aliphatic rings. The molecule has 1 saturated heterocycles. The summed E-state index contributed by atoms with van der Waals surface area (Å²) in [6, 6.07) is 8.23. The number of nitrogens with zero attached hydrogens (tertiary/aromatic N) is 3. The number of amides is 1. The average molecular weight is 319 g/mol. The van der Waals surface area contributed by atoms with Gasteiger partial charge in [0.25, 0.3) is 0 Å². The molecule has 0 unspecified atom stereocenters. The molecule has 1 fully saturated rings. The van der Waals surface area contributed by atoms with Gasteiger partial charge in [0.05, 0.1) is 7.11 Å². The van der Waals surface area contributed by atoms with Gasteiger partial charge in [0.1, 0.15) is 5.75 Å². The van der Waals surface area contributed by atoms with Gasteiger partial charge >= 0.3 is 0 Å². The third kappa shape index (κ3) is 4.86. The number of carbonyl (C=O) groups excluding carboxylic acids is 1. The second-order valence-corrected chi connectivity index (χ2v) is 5.84. The molecule has 1 aromatic rings. The van der Waals surface area contributed by atoms with Crippen LogP contribution in [0.3, 0.4) is 0 Å². The van der Waals surface area contributed by atoms with Crippen LogP contribution in [0, 0.1) is 0 Å². The third-order valence-corrected chi connectivity index (χ3v) is 4.57. The van der Waals surface area contributed by atoms with Crippen LogP contribution in [0.4, 0.5) is 5.69 Å².